The summed E-state index contributed by atoms with van der Waals surface area (Å²) in [6.45, 7) is 0. The van der Waals surface area contributed by atoms with Gasteiger partial charge in [-0.2, -0.15) is 5.10 Å². The average Bonchev–Trinajstić information content (AvgIpc) is 3.11. The minimum Gasteiger partial charge on any atom is -0.268 e. The lowest BCUT2D eigenvalue weighted by Gasteiger charge is -2.14. The van der Waals surface area contributed by atoms with Gasteiger partial charge in [0, 0.05) is 6.20 Å². The molecule has 0 N–H and O–H groups in total. The number of rotatable bonds is 2. The normalized spacial score (nSPS) is 13.5. The first-order valence-electron chi connectivity index (χ1n) is 6.93. The summed E-state index contributed by atoms with van der Waals surface area (Å²) in [5.74, 6) is -0.610. The van der Waals surface area contributed by atoms with Crippen LogP contribution < -0.4 is 4.90 Å². The molecule has 0 fully saturated rings. The minimum atomic E-state index is -0.305. The highest BCUT2D eigenvalue weighted by atomic mass is 35.5. The first-order chi connectivity index (χ1) is 11.1. The molecule has 1 aliphatic rings. The van der Waals surface area contributed by atoms with E-state index in [1.807, 2.05) is 0 Å². The van der Waals surface area contributed by atoms with Crippen molar-refractivity contribution in [3.05, 3.63) is 77.1 Å². The second-order valence-electron chi connectivity index (χ2n) is 5.11. The molecular formula is C17H10ClN3O2. The number of carbonyl (C=O) groups excluding carboxylic acids is 2. The van der Waals surface area contributed by atoms with E-state index >= 15 is 0 Å². The molecule has 5 nitrogen and oxygen atoms in total. The highest BCUT2D eigenvalue weighted by Gasteiger charge is 2.36. The van der Waals surface area contributed by atoms with Crippen LogP contribution in [0.1, 0.15) is 20.7 Å². The summed E-state index contributed by atoms with van der Waals surface area (Å²) in [5.41, 5.74) is 2.18. The van der Waals surface area contributed by atoms with Gasteiger partial charge in [0.2, 0.25) is 0 Å². The van der Waals surface area contributed by atoms with Gasteiger partial charge < -0.3 is 0 Å². The molecule has 0 radical (unpaired) electrons. The number of hydrogen-bond donors (Lipinski definition) is 0. The van der Waals surface area contributed by atoms with E-state index in [9.17, 15) is 9.59 Å². The van der Waals surface area contributed by atoms with Crippen LogP contribution in [0.3, 0.4) is 0 Å². The van der Waals surface area contributed by atoms with Gasteiger partial charge >= 0.3 is 0 Å². The zero-order valence-corrected chi connectivity index (χ0v) is 12.6. The highest BCUT2D eigenvalue weighted by Crippen LogP contribution is 2.28. The fourth-order valence-electron chi connectivity index (χ4n) is 2.62. The molecule has 1 aromatic heterocycles. The standard InChI is InChI=1S/C17H10ClN3O2/c18-11-9-19-20(10-11)12-5-7-13(8-6-12)21-16(22)14-3-1-2-4-15(14)17(21)23/h1-10H. The van der Waals surface area contributed by atoms with Crippen molar-refractivity contribution in [2.75, 3.05) is 4.90 Å². The quantitative estimate of drug-likeness (QED) is 0.680. The minimum absolute atomic E-state index is 0.305. The number of imide groups is 1. The van der Waals surface area contributed by atoms with Crippen LogP contribution in [0.15, 0.2) is 60.9 Å². The predicted octanol–water partition coefficient (Wildman–Crippen LogP) is 3.33. The molecule has 6 heteroatoms. The summed E-state index contributed by atoms with van der Waals surface area (Å²) in [6, 6.07) is 13.8. The van der Waals surface area contributed by atoms with E-state index in [4.69, 9.17) is 11.6 Å². The summed E-state index contributed by atoms with van der Waals surface area (Å²) in [7, 11) is 0. The maximum atomic E-state index is 12.4. The average molecular weight is 324 g/mol. The van der Waals surface area contributed by atoms with Crippen molar-refractivity contribution < 1.29 is 9.59 Å². The summed E-state index contributed by atoms with van der Waals surface area (Å²) in [4.78, 5) is 26.1. The van der Waals surface area contributed by atoms with Crippen LogP contribution in [0.25, 0.3) is 5.69 Å². The van der Waals surface area contributed by atoms with Crippen LogP contribution in [0, 0.1) is 0 Å². The van der Waals surface area contributed by atoms with Gasteiger partial charge in [0.25, 0.3) is 11.8 Å². The van der Waals surface area contributed by atoms with Crippen molar-refractivity contribution in [1.29, 1.82) is 0 Å². The Morgan fingerprint density at radius 1 is 0.826 bits per heavy atom. The Balaban J connectivity index is 1.70. The smallest absolute Gasteiger partial charge is 0.266 e. The van der Waals surface area contributed by atoms with Crippen LogP contribution in [0.4, 0.5) is 5.69 Å². The van der Waals surface area contributed by atoms with Crippen molar-refractivity contribution in [3.8, 4) is 5.69 Å². The number of benzene rings is 2. The Morgan fingerprint density at radius 2 is 1.39 bits per heavy atom. The zero-order valence-electron chi connectivity index (χ0n) is 11.8. The van der Waals surface area contributed by atoms with Gasteiger partial charge in [0.15, 0.2) is 0 Å². The molecule has 2 aromatic carbocycles. The van der Waals surface area contributed by atoms with E-state index < -0.39 is 0 Å². The third kappa shape index (κ3) is 2.13. The Hall–Kier alpha value is -2.92. The highest BCUT2D eigenvalue weighted by molar-refractivity contribution is 6.34. The van der Waals surface area contributed by atoms with Crippen molar-refractivity contribution >= 4 is 29.1 Å². The van der Waals surface area contributed by atoms with E-state index in [-0.39, 0.29) is 11.8 Å². The van der Waals surface area contributed by atoms with Crippen molar-refractivity contribution in [2.45, 2.75) is 0 Å². The molecule has 2 amide bonds. The molecule has 0 saturated carbocycles. The van der Waals surface area contributed by atoms with Gasteiger partial charge in [-0.3, -0.25) is 9.59 Å². The number of carbonyl (C=O) groups is 2. The first-order valence-corrected chi connectivity index (χ1v) is 7.31. The van der Waals surface area contributed by atoms with Crippen LogP contribution in [-0.2, 0) is 0 Å². The Labute approximate surface area is 136 Å². The van der Waals surface area contributed by atoms with Crippen molar-refractivity contribution in [3.63, 3.8) is 0 Å². The molecule has 112 valence electrons. The van der Waals surface area contributed by atoms with Crippen LogP contribution in [0.5, 0.6) is 0 Å². The number of halogens is 1. The molecule has 2 heterocycles. The molecular weight excluding hydrogens is 314 g/mol. The number of nitrogens with zero attached hydrogens (tertiary/aromatic N) is 3. The topological polar surface area (TPSA) is 55.2 Å². The Kier molecular flexibility index (Phi) is 3.02. The maximum Gasteiger partial charge on any atom is 0.266 e. The number of anilines is 1. The zero-order chi connectivity index (χ0) is 16.0. The number of hydrogen-bond acceptors (Lipinski definition) is 3. The Bertz CT molecular complexity index is 896. The first kappa shape index (κ1) is 13.7. The summed E-state index contributed by atoms with van der Waals surface area (Å²) >= 11 is 5.85. The fraction of sp³-hybridized carbons (Fsp3) is 0. The van der Waals surface area contributed by atoms with Gasteiger partial charge in [0.05, 0.1) is 33.7 Å². The second kappa shape index (κ2) is 5.07. The molecule has 0 aliphatic carbocycles. The molecule has 0 unspecified atom stereocenters. The van der Waals surface area contributed by atoms with Gasteiger partial charge in [-0.15, -0.1) is 0 Å². The molecule has 0 saturated heterocycles. The van der Waals surface area contributed by atoms with E-state index in [1.165, 1.54) is 4.90 Å². The SMILES string of the molecule is O=C1c2ccccc2C(=O)N1c1ccc(-n2cc(Cl)cn2)cc1. The van der Waals surface area contributed by atoms with Crippen LogP contribution in [0.2, 0.25) is 5.02 Å². The van der Waals surface area contributed by atoms with Gasteiger partial charge in [-0.25, -0.2) is 9.58 Å². The number of fused-ring (bicyclic) bond motifs is 1. The van der Waals surface area contributed by atoms with Crippen LogP contribution >= 0.6 is 11.6 Å². The second-order valence-corrected chi connectivity index (χ2v) is 5.55. The molecule has 4 rings (SSSR count). The summed E-state index contributed by atoms with van der Waals surface area (Å²) < 4.78 is 1.62. The molecule has 3 aromatic rings. The maximum absolute atomic E-state index is 12.4. The lowest BCUT2D eigenvalue weighted by Crippen LogP contribution is -2.29. The molecule has 0 atom stereocenters. The van der Waals surface area contributed by atoms with Crippen molar-refractivity contribution in [1.82, 2.24) is 9.78 Å². The van der Waals surface area contributed by atoms with Gasteiger partial charge in [-0.1, -0.05) is 23.7 Å². The lowest BCUT2D eigenvalue weighted by atomic mass is 10.1. The third-order valence-electron chi connectivity index (χ3n) is 3.72. The summed E-state index contributed by atoms with van der Waals surface area (Å²) in [6.07, 6.45) is 3.22. The molecule has 1 aliphatic heterocycles. The monoisotopic (exact) mass is 323 g/mol. The molecule has 0 bridgehead atoms. The van der Waals surface area contributed by atoms with Gasteiger partial charge in [0.1, 0.15) is 0 Å². The van der Waals surface area contributed by atoms with E-state index in [0.29, 0.717) is 21.8 Å². The van der Waals surface area contributed by atoms with E-state index in [1.54, 1.807) is 65.6 Å². The Morgan fingerprint density at radius 3 is 1.91 bits per heavy atom. The molecule has 23 heavy (non-hydrogen) atoms. The summed E-state index contributed by atoms with van der Waals surface area (Å²) in [5, 5.41) is 4.65. The largest absolute Gasteiger partial charge is 0.268 e. The number of aromatic nitrogens is 2. The van der Waals surface area contributed by atoms with Crippen molar-refractivity contribution in [2.24, 2.45) is 0 Å². The fourth-order valence-corrected chi connectivity index (χ4v) is 2.76. The molecule has 0 spiro atoms. The third-order valence-corrected chi connectivity index (χ3v) is 3.91. The van der Waals surface area contributed by atoms with E-state index in [0.717, 1.165) is 5.69 Å². The predicted molar refractivity (Wildman–Crippen MR) is 86.2 cm³/mol. The van der Waals surface area contributed by atoms with E-state index in [2.05, 4.69) is 5.10 Å². The number of amides is 2. The van der Waals surface area contributed by atoms with Crippen LogP contribution in [-0.4, -0.2) is 21.6 Å². The lowest BCUT2D eigenvalue weighted by molar-refractivity contribution is 0.0926. The van der Waals surface area contributed by atoms with Gasteiger partial charge in [-0.05, 0) is 36.4 Å².